The standard InChI is InChI=1S/C21H26N6O/c1-2-23-21(26-13-12-24-20(28)17-6-5-10-22-14-17)25-11-9-16-15-27-19-8-4-3-7-18(16)19/h3-8,10,14-15,27H,2,9,11-13H2,1H3,(H,24,28)(H2,23,25,26). The number of hydrogen-bond acceptors (Lipinski definition) is 3. The molecular formula is C21H26N6O. The van der Waals surface area contributed by atoms with Gasteiger partial charge in [-0.1, -0.05) is 18.2 Å². The van der Waals surface area contributed by atoms with E-state index in [1.54, 1.807) is 24.5 Å². The molecule has 0 fully saturated rings. The van der Waals surface area contributed by atoms with E-state index in [1.165, 1.54) is 10.9 Å². The van der Waals surface area contributed by atoms with E-state index in [9.17, 15) is 4.79 Å². The van der Waals surface area contributed by atoms with Crippen molar-refractivity contribution in [3.8, 4) is 0 Å². The molecule has 0 bridgehead atoms. The van der Waals surface area contributed by atoms with Crippen molar-refractivity contribution in [3.63, 3.8) is 0 Å². The molecule has 2 aromatic heterocycles. The molecule has 0 saturated heterocycles. The molecule has 3 rings (SSSR count). The van der Waals surface area contributed by atoms with Crippen molar-refractivity contribution < 1.29 is 4.79 Å². The summed E-state index contributed by atoms with van der Waals surface area (Å²) in [6.45, 7) is 4.58. The van der Waals surface area contributed by atoms with Crippen LogP contribution in [0.25, 0.3) is 10.9 Å². The van der Waals surface area contributed by atoms with Crippen LogP contribution in [-0.4, -0.2) is 48.0 Å². The summed E-state index contributed by atoms with van der Waals surface area (Å²) >= 11 is 0. The zero-order valence-electron chi connectivity index (χ0n) is 16.0. The average Bonchev–Trinajstić information content (AvgIpc) is 3.15. The molecule has 0 aliphatic carbocycles. The Morgan fingerprint density at radius 1 is 1.11 bits per heavy atom. The molecule has 0 spiro atoms. The molecule has 28 heavy (non-hydrogen) atoms. The SMILES string of the molecule is CCNC(=NCCc1c[nH]c2ccccc12)NCCNC(=O)c1cccnc1. The molecule has 1 amide bonds. The van der Waals surface area contributed by atoms with Crippen molar-refractivity contribution in [1.82, 2.24) is 25.9 Å². The van der Waals surface area contributed by atoms with Crippen LogP contribution in [0.2, 0.25) is 0 Å². The molecule has 4 N–H and O–H groups in total. The van der Waals surface area contributed by atoms with Crippen molar-refractivity contribution >= 4 is 22.8 Å². The molecule has 0 atom stereocenters. The highest BCUT2D eigenvalue weighted by molar-refractivity contribution is 5.93. The average molecular weight is 378 g/mol. The minimum absolute atomic E-state index is 0.129. The van der Waals surface area contributed by atoms with E-state index in [-0.39, 0.29) is 5.91 Å². The van der Waals surface area contributed by atoms with Crippen LogP contribution in [0.5, 0.6) is 0 Å². The van der Waals surface area contributed by atoms with Gasteiger partial charge in [0.15, 0.2) is 5.96 Å². The zero-order valence-corrected chi connectivity index (χ0v) is 16.0. The van der Waals surface area contributed by atoms with Crippen molar-refractivity contribution in [2.45, 2.75) is 13.3 Å². The maximum absolute atomic E-state index is 12.0. The van der Waals surface area contributed by atoms with Crippen molar-refractivity contribution in [2.24, 2.45) is 4.99 Å². The lowest BCUT2D eigenvalue weighted by atomic mass is 10.1. The van der Waals surface area contributed by atoms with Gasteiger partial charge in [0, 0.05) is 55.7 Å². The molecule has 7 heteroatoms. The second-order valence-electron chi connectivity index (χ2n) is 6.29. The summed E-state index contributed by atoms with van der Waals surface area (Å²) in [5.74, 6) is 0.620. The number of H-pyrrole nitrogens is 1. The molecule has 7 nitrogen and oxygen atoms in total. The second-order valence-corrected chi connectivity index (χ2v) is 6.29. The Morgan fingerprint density at radius 3 is 2.79 bits per heavy atom. The van der Waals surface area contributed by atoms with Crippen molar-refractivity contribution in [1.29, 1.82) is 0 Å². The number of amides is 1. The number of aromatic nitrogens is 2. The van der Waals surface area contributed by atoms with Crippen molar-refractivity contribution in [2.75, 3.05) is 26.2 Å². The van der Waals surface area contributed by atoms with E-state index < -0.39 is 0 Å². The molecular weight excluding hydrogens is 352 g/mol. The van der Waals surface area contributed by atoms with Gasteiger partial charge in [-0.3, -0.25) is 14.8 Å². The number of para-hydroxylation sites is 1. The lowest BCUT2D eigenvalue weighted by molar-refractivity contribution is 0.0954. The van der Waals surface area contributed by atoms with Gasteiger partial charge in [-0.25, -0.2) is 0 Å². The van der Waals surface area contributed by atoms with Gasteiger partial charge in [0.2, 0.25) is 0 Å². The molecule has 0 aliphatic heterocycles. The van der Waals surface area contributed by atoms with Crippen LogP contribution in [0.1, 0.15) is 22.8 Å². The van der Waals surface area contributed by atoms with Gasteiger partial charge < -0.3 is 20.9 Å². The number of carbonyl (C=O) groups excluding carboxylic acids is 1. The van der Waals surface area contributed by atoms with E-state index >= 15 is 0 Å². The van der Waals surface area contributed by atoms with Crippen LogP contribution < -0.4 is 16.0 Å². The fourth-order valence-corrected chi connectivity index (χ4v) is 2.92. The van der Waals surface area contributed by atoms with E-state index in [0.29, 0.717) is 25.2 Å². The van der Waals surface area contributed by atoms with Gasteiger partial charge in [0.05, 0.1) is 5.56 Å². The third-order valence-corrected chi connectivity index (χ3v) is 4.30. The van der Waals surface area contributed by atoms with Gasteiger partial charge >= 0.3 is 0 Å². The molecule has 3 aromatic rings. The summed E-state index contributed by atoms with van der Waals surface area (Å²) in [4.78, 5) is 23.9. The number of pyridine rings is 1. The Morgan fingerprint density at radius 2 is 1.96 bits per heavy atom. The Hall–Kier alpha value is -3.35. The number of aromatic amines is 1. The van der Waals surface area contributed by atoms with Crippen LogP contribution in [0.15, 0.2) is 60.0 Å². The molecule has 1 aromatic carbocycles. The first-order valence-corrected chi connectivity index (χ1v) is 9.53. The van der Waals surface area contributed by atoms with Crippen LogP contribution >= 0.6 is 0 Å². The first-order valence-electron chi connectivity index (χ1n) is 9.53. The zero-order chi connectivity index (χ0) is 19.6. The van der Waals surface area contributed by atoms with Gasteiger partial charge in [0.25, 0.3) is 5.91 Å². The summed E-state index contributed by atoms with van der Waals surface area (Å²) in [7, 11) is 0. The van der Waals surface area contributed by atoms with E-state index in [4.69, 9.17) is 0 Å². The maximum atomic E-state index is 12.0. The summed E-state index contributed by atoms with van der Waals surface area (Å²) in [6.07, 6.45) is 6.11. The molecule has 0 saturated carbocycles. The number of nitrogens with zero attached hydrogens (tertiary/aromatic N) is 2. The first kappa shape index (κ1) is 19.4. The highest BCUT2D eigenvalue weighted by Gasteiger charge is 2.05. The number of rotatable bonds is 8. The number of aliphatic imine (C=N–C) groups is 1. The lowest BCUT2D eigenvalue weighted by Crippen LogP contribution is -2.41. The van der Waals surface area contributed by atoms with Crippen LogP contribution in [0.3, 0.4) is 0 Å². The predicted octanol–water partition coefficient (Wildman–Crippen LogP) is 2.09. The third kappa shape index (κ3) is 5.33. The monoisotopic (exact) mass is 378 g/mol. The number of benzene rings is 1. The quantitative estimate of drug-likeness (QED) is 0.274. The van der Waals surface area contributed by atoms with Gasteiger partial charge in [-0.2, -0.15) is 0 Å². The molecule has 146 valence electrons. The van der Waals surface area contributed by atoms with Gasteiger partial charge in [-0.15, -0.1) is 0 Å². The first-order chi connectivity index (χ1) is 13.8. The molecule has 0 radical (unpaired) electrons. The fourth-order valence-electron chi connectivity index (χ4n) is 2.92. The fraction of sp³-hybridized carbons (Fsp3) is 0.286. The Balaban J connectivity index is 1.45. The maximum Gasteiger partial charge on any atom is 0.252 e. The minimum Gasteiger partial charge on any atom is -0.361 e. The highest BCUT2D eigenvalue weighted by Crippen LogP contribution is 2.17. The summed E-state index contributed by atoms with van der Waals surface area (Å²) in [5, 5.41) is 10.6. The summed E-state index contributed by atoms with van der Waals surface area (Å²) in [5.41, 5.74) is 2.97. The lowest BCUT2D eigenvalue weighted by Gasteiger charge is -2.12. The number of hydrogen-bond donors (Lipinski definition) is 4. The minimum atomic E-state index is -0.129. The second kappa shape index (κ2) is 10.1. The Labute approximate surface area is 164 Å². The molecule has 0 unspecified atom stereocenters. The molecule has 0 aliphatic rings. The third-order valence-electron chi connectivity index (χ3n) is 4.30. The number of nitrogens with one attached hydrogen (secondary N) is 4. The van der Waals surface area contributed by atoms with E-state index in [1.807, 2.05) is 19.1 Å². The van der Waals surface area contributed by atoms with Gasteiger partial charge in [0.1, 0.15) is 0 Å². The van der Waals surface area contributed by atoms with Crippen LogP contribution in [0.4, 0.5) is 0 Å². The smallest absolute Gasteiger partial charge is 0.252 e. The highest BCUT2D eigenvalue weighted by atomic mass is 16.1. The van der Waals surface area contributed by atoms with Gasteiger partial charge in [-0.05, 0) is 37.1 Å². The van der Waals surface area contributed by atoms with Crippen LogP contribution in [-0.2, 0) is 6.42 Å². The Bertz CT molecular complexity index is 919. The normalized spacial score (nSPS) is 11.4. The molecule has 2 heterocycles. The largest absolute Gasteiger partial charge is 0.361 e. The van der Waals surface area contributed by atoms with Crippen LogP contribution in [0, 0.1) is 0 Å². The summed E-state index contributed by atoms with van der Waals surface area (Å²) < 4.78 is 0. The van der Waals surface area contributed by atoms with Crippen molar-refractivity contribution in [3.05, 3.63) is 66.1 Å². The Kier molecular flexibility index (Phi) is 7.01. The van der Waals surface area contributed by atoms with E-state index in [2.05, 4.69) is 49.2 Å². The topological polar surface area (TPSA) is 94.2 Å². The number of carbonyl (C=O) groups is 1. The van der Waals surface area contributed by atoms with E-state index in [0.717, 1.165) is 24.4 Å². The summed E-state index contributed by atoms with van der Waals surface area (Å²) in [6, 6.07) is 11.8. The number of guanidine groups is 1. The predicted molar refractivity (Wildman–Crippen MR) is 113 cm³/mol. The number of fused-ring (bicyclic) bond motifs is 1.